The van der Waals surface area contributed by atoms with E-state index in [1.165, 1.54) is 36.4 Å². The fourth-order valence-corrected chi connectivity index (χ4v) is 2.37. The number of rotatable bonds is 5. The second-order valence-electron chi connectivity index (χ2n) is 5.51. The highest BCUT2D eigenvalue weighted by Crippen LogP contribution is 2.22. The Kier molecular flexibility index (Phi) is 5.22. The minimum Gasteiger partial charge on any atom is -0.423 e. The minimum absolute atomic E-state index is 0.135. The summed E-state index contributed by atoms with van der Waals surface area (Å²) in [6, 6.07) is 20.4. The van der Waals surface area contributed by atoms with Gasteiger partial charge in [0.25, 0.3) is 11.6 Å². The van der Waals surface area contributed by atoms with Crippen LogP contribution in [-0.4, -0.2) is 16.8 Å². The van der Waals surface area contributed by atoms with Gasteiger partial charge in [-0.3, -0.25) is 14.9 Å². The molecule has 0 radical (unpaired) electrons. The van der Waals surface area contributed by atoms with Crippen molar-refractivity contribution in [1.29, 1.82) is 0 Å². The van der Waals surface area contributed by atoms with Crippen LogP contribution in [0.15, 0.2) is 78.9 Å². The lowest BCUT2D eigenvalue weighted by Gasteiger charge is -2.08. The standard InChI is InChI=1S/C20H14N2O5/c23-19(14-6-2-1-3-7-14)21-15-10-12-16(13-11-15)27-20(24)17-8-4-5-9-18(17)22(25)26/h1-13H,(H,21,23). The summed E-state index contributed by atoms with van der Waals surface area (Å²) in [5, 5.41) is 13.7. The molecule has 134 valence electrons. The highest BCUT2D eigenvalue weighted by Gasteiger charge is 2.21. The Balaban J connectivity index is 1.68. The molecule has 0 aliphatic heterocycles. The summed E-state index contributed by atoms with van der Waals surface area (Å²) in [5.74, 6) is -0.889. The molecule has 3 aromatic rings. The van der Waals surface area contributed by atoms with Gasteiger partial charge in [-0.15, -0.1) is 0 Å². The lowest BCUT2D eigenvalue weighted by Crippen LogP contribution is -2.12. The molecular formula is C20H14N2O5. The molecule has 0 saturated heterocycles. The maximum absolute atomic E-state index is 12.2. The Hall–Kier alpha value is -4.00. The van der Waals surface area contributed by atoms with Crippen LogP contribution < -0.4 is 10.1 Å². The van der Waals surface area contributed by atoms with Crippen LogP contribution in [-0.2, 0) is 0 Å². The number of nitro groups is 1. The van der Waals surface area contributed by atoms with Crippen LogP contribution in [0.3, 0.4) is 0 Å². The Labute approximate surface area is 154 Å². The number of hydrogen-bond acceptors (Lipinski definition) is 5. The fraction of sp³-hybridized carbons (Fsp3) is 0. The molecule has 7 heteroatoms. The van der Waals surface area contributed by atoms with Crippen molar-refractivity contribution in [1.82, 2.24) is 0 Å². The van der Waals surface area contributed by atoms with Gasteiger partial charge in [-0.05, 0) is 42.5 Å². The van der Waals surface area contributed by atoms with Crippen molar-refractivity contribution < 1.29 is 19.2 Å². The molecule has 7 nitrogen and oxygen atoms in total. The normalized spacial score (nSPS) is 10.1. The average Bonchev–Trinajstić information content (AvgIpc) is 2.70. The summed E-state index contributed by atoms with van der Waals surface area (Å²) in [4.78, 5) is 34.7. The molecule has 3 aromatic carbocycles. The van der Waals surface area contributed by atoms with Gasteiger partial charge >= 0.3 is 5.97 Å². The third-order valence-electron chi connectivity index (χ3n) is 3.68. The predicted octanol–water partition coefficient (Wildman–Crippen LogP) is 4.07. The van der Waals surface area contributed by atoms with Gasteiger partial charge in [0.15, 0.2) is 0 Å². The van der Waals surface area contributed by atoms with Gasteiger partial charge in [0.2, 0.25) is 0 Å². The van der Waals surface area contributed by atoms with Crippen molar-refractivity contribution in [3.8, 4) is 5.75 Å². The molecular weight excluding hydrogens is 348 g/mol. The third kappa shape index (κ3) is 4.35. The quantitative estimate of drug-likeness (QED) is 0.319. The average molecular weight is 362 g/mol. The number of carbonyl (C=O) groups is 2. The number of nitrogens with one attached hydrogen (secondary N) is 1. The van der Waals surface area contributed by atoms with E-state index in [0.29, 0.717) is 11.3 Å². The molecule has 0 heterocycles. The van der Waals surface area contributed by atoms with Gasteiger partial charge in [0, 0.05) is 17.3 Å². The van der Waals surface area contributed by atoms with Crippen LogP contribution in [0.5, 0.6) is 5.75 Å². The van der Waals surface area contributed by atoms with E-state index in [1.807, 2.05) is 6.07 Å². The van der Waals surface area contributed by atoms with Crippen LogP contribution in [0.25, 0.3) is 0 Å². The number of nitro benzene ring substituents is 1. The van der Waals surface area contributed by atoms with Crippen molar-refractivity contribution in [2.75, 3.05) is 5.32 Å². The SMILES string of the molecule is O=C(Nc1ccc(OC(=O)c2ccccc2[N+](=O)[O-])cc1)c1ccccc1. The lowest BCUT2D eigenvalue weighted by atomic mass is 10.2. The van der Waals surface area contributed by atoms with E-state index in [1.54, 1.807) is 36.4 Å². The first-order valence-electron chi connectivity index (χ1n) is 7.96. The Bertz CT molecular complexity index is 985. The topological polar surface area (TPSA) is 98.5 Å². The van der Waals surface area contributed by atoms with E-state index in [-0.39, 0.29) is 22.9 Å². The van der Waals surface area contributed by atoms with Gasteiger partial charge in [-0.1, -0.05) is 30.3 Å². The molecule has 0 saturated carbocycles. The number of benzene rings is 3. The molecule has 0 unspecified atom stereocenters. The van der Waals surface area contributed by atoms with E-state index in [2.05, 4.69) is 5.32 Å². The summed E-state index contributed by atoms with van der Waals surface area (Å²) in [7, 11) is 0. The van der Waals surface area contributed by atoms with Gasteiger partial charge in [-0.25, -0.2) is 4.79 Å². The summed E-state index contributed by atoms with van der Waals surface area (Å²) < 4.78 is 5.18. The van der Waals surface area contributed by atoms with E-state index >= 15 is 0 Å². The Morgan fingerprint density at radius 1 is 0.852 bits per heavy atom. The molecule has 0 bridgehead atoms. The van der Waals surface area contributed by atoms with Crippen LogP contribution >= 0.6 is 0 Å². The number of amides is 1. The predicted molar refractivity (Wildman–Crippen MR) is 98.9 cm³/mol. The number of nitrogens with zero attached hydrogens (tertiary/aromatic N) is 1. The zero-order valence-electron chi connectivity index (χ0n) is 14.0. The first-order chi connectivity index (χ1) is 13.0. The van der Waals surface area contributed by atoms with Crippen molar-refractivity contribution in [3.63, 3.8) is 0 Å². The van der Waals surface area contributed by atoms with Crippen molar-refractivity contribution >= 4 is 23.3 Å². The molecule has 1 amide bonds. The van der Waals surface area contributed by atoms with Crippen LogP contribution in [0.4, 0.5) is 11.4 Å². The maximum Gasteiger partial charge on any atom is 0.350 e. The number of ether oxygens (including phenoxy) is 1. The zero-order valence-corrected chi connectivity index (χ0v) is 14.0. The van der Waals surface area contributed by atoms with Gasteiger partial charge in [0.05, 0.1) is 4.92 Å². The highest BCUT2D eigenvalue weighted by atomic mass is 16.6. The molecule has 0 atom stereocenters. The van der Waals surface area contributed by atoms with E-state index in [4.69, 9.17) is 4.74 Å². The summed E-state index contributed by atoms with van der Waals surface area (Å²) >= 11 is 0. The van der Waals surface area contributed by atoms with Gasteiger partial charge < -0.3 is 10.1 Å². The molecule has 27 heavy (non-hydrogen) atoms. The monoisotopic (exact) mass is 362 g/mol. The van der Waals surface area contributed by atoms with E-state index in [0.717, 1.165) is 0 Å². The van der Waals surface area contributed by atoms with Crippen LogP contribution in [0.1, 0.15) is 20.7 Å². The van der Waals surface area contributed by atoms with E-state index in [9.17, 15) is 19.7 Å². The summed E-state index contributed by atoms with van der Waals surface area (Å²) in [5.41, 5.74) is 0.580. The Morgan fingerprint density at radius 3 is 2.15 bits per heavy atom. The van der Waals surface area contributed by atoms with Crippen molar-refractivity contribution in [2.45, 2.75) is 0 Å². The first-order valence-corrected chi connectivity index (χ1v) is 7.96. The molecule has 0 aromatic heterocycles. The van der Waals surface area contributed by atoms with Crippen LogP contribution in [0.2, 0.25) is 0 Å². The molecule has 0 fully saturated rings. The smallest absolute Gasteiger partial charge is 0.350 e. The largest absolute Gasteiger partial charge is 0.423 e. The second kappa shape index (κ2) is 7.92. The molecule has 0 spiro atoms. The van der Waals surface area contributed by atoms with Crippen molar-refractivity contribution in [3.05, 3.63) is 100 Å². The van der Waals surface area contributed by atoms with Crippen molar-refractivity contribution in [2.24, 2.45) is 0 Å². The van der Waals surface area contributed by atoms with E-state index < -0.39 is 10.9 Å². The molecule has 1 N–H and O–H groups in total. The lowest BCUT2D eigenvalue weighted by molar-refractivity contribution is -0.385. The second-order valence-corrected chi connectivity index (χ2v) is 5.51. The number of carbonyl (C=O) groups excluding carboxylic acids is 2. The zero-order chi connectivity index (χ0) is 19.2. The first kappa shape index (κ1) is 17.8. The summed E-state index contributed by atoms with van der Waals surface area (Å²) in [6.07, 6.45) is 0. The highest BCUT2D eigenvalue weighted by molar-refractivity contribution is 6.04. The minimum atomic E-state index is -0.830. The number of esters is 1. The molecule has 0 aliphatic rings. The molecule has 3 rings (SSSR count). The number of para-hydroxylation sites is 1. The third-order valence-corrected chi connectivity index (χ3v) is 3.68. The van der Waals surface area contributed by atoms with Crippen LogP contribution in [0, 0.1) is 10.1 Å². The van der Waals surface area contributed by atoms with Gasteiger partial charge in [-0.2, -0.15) is 0 Å². The number of hydrogen-bond donors (Lipinski definition) is 1. The maximum atomic E-state index is 12.2. The van der Waals surface area contributed by atoms with Gasteiger partial charge in [0.1, 0.15) is 11.3 Å². The Morgan fingerprint density at radius 2 is 1.48 bits per heavy atom. The molecule has 0 aliphatic carbocycles. The number of anilines is 1. The summed E-state index contributed by atoms with van der Waals surface area (Å²) in [6.45, 7) is 0. The fourth-order valence-electron chi connectivity index (χ4n) is 2.37.